The first-order valence-corrected chi connectivity index (χ1v) is 7.13. The number of carbonyl (C=O) groups excluding carboxylic acids is 1. The van der Waals surface area contributed by atoms with Gasteiger partial charge in [-0.2, -0.15) is 10.2 Å². The molecular weight excluding hydrogens is 338 g/mol. The molecule has 10 heteroatoms. The van der Waals surface area contributed by atoms with Crippen LogP contribution in [-0.2, 0) is 11.3 Å². The van der Waals surface area contributed by atoms with Gasteiger partial charge < -0.3 is 5.11 Å². The summed E-state index contributed by atoms with van der Waals surface area (Å²) in [4.78, 5) is 21.7. The molecule has 1 aromatic carbocycles. The molecule has 2 rings (SSSR count). The maximum Gasteiger partial charge on any atom is 0.263 e. The second kappa shape index (κ2) is 7.09. The van der Waals surface area contributed by atoms with E-state index < -0.39 is 22.3 Å². The molecule has 0 aliphatic heterocycles. The lowest BCUT2D eigenvalue weighted by Crippen LogP contribution is -2.24. The lowest BCUT2D eigenvalue weighted by atomic mass is 10.2. The fraction of sp³-hybridized carbons (Fsp3) is 0.214. The van der Waals surface area contributed by atoms with Crippen LogP contribution in [0.3, 0.4) is 0 Å². The third-order valence-corrected chi connectivity index (χ3v) is 3.27. The van der Waals surface area contributed by atoms with E-state index in [-0.39, 0.29) is 17.1 Å². The first-order valence-electron chi connectivity index (χ1n) is 6.76. The van der Waals surface area contributed by atoms with Gasteiger partial charge in [0.25, 0.3) is 11.6 Å². The summed E-state index contributed by atoms with van der Waals surface area (Å²) in [5.74, 6) is -1.29. The average molecular weight is 351 g/mol. The summed E-state index contributed by atoms with van der Waals surface area (Å²) in [7, 11) is 0. The van der Waals surface area contributed by atoms with Crippen molar-refractivity contribution < 1.29 is 14.8 Å². The number of nitrogens with zero attached hydrogens (tertiary/aromatic N) is 4. The normalized spacial score (nSPS) is 11.0. The standard InChI is InChI=1S/C14H14ClN5O4/c1-8-3-9(2)19(18-8)7-13(21)17-16-6-10-4-11(15)5-12(14(10)22)20(23)24/h3-6,22H,7H2,1-2H3,(H,17,21)/p-1/b16-6-. The number of amides is 1. The quantitative estimate of drug-likeness (QED) is 0.494. The molecule has 0 saturated carbocycles. The number of aromatic nitrogens is 2. The van der Waals surface area contributed by atoms with Crippen molar-refractivity contribution in [1.82, 2.24) is 15.2 Å². The number of rotatable bonds is 5. The molecule has 0 unspecified atom stereocenters. The van der Waals surface area contributed by atoms with Crippen molar-refractivity contribution in [2.75, 3.05) is 0 Å². The van der Waals surface area contributed by atoms with Gasteiger partial charge in [0.05, 0.1) is 16.8 Å². The molecule has 0 saturated heterocycles. The molecule has 1 amide bonds. The predicted molar refractivity (Wildman–Crippen MR) is 85.0 cm³/mol. The number of benzene rings is 1. The van der Waals surface area contributed by atoms with Crippen LogP contribution >= 0.6 is 11.6 Å². The number of hydrogen-bond donors (Lipinski definition) is 1. The molecule has 1 N–H and O–H groups in total. The molecule has 0 atom stereocenters. The first-order chi connectivity index (χ1) is 11.3. The summed E-state index contributed by atoms with van der Waals surface area (Å²) in [6.45, 7) is 3.57. The Labute approximate surface area is 141 Å². The van der Waals surface area contributed by atoms with Crippen molar-refractivity contribution in [2.45, 2.75) is 20.4 Å². The zero-order chi connectivity index (χ0) is 17.9. The van der Waals surface area contributed by atoms with Crippen molar-refractivity contribution in [3.05, 3.63) is 50.3 Å². The first kappa shape index (κ1) is 17.4. The van der Waals surface area contributed by atoms with Gasteiger partial charge in [-0.1, -0.05) is 11.6 Å². The van der Waals surface area contributed by atoms with E-state index in [1.807, 2.05) is 13.0 Å². The Morgan fingerprint density at radius 1 is 1.46 bits per heavy atom. The lowest BCUT2D eigenvalue weighted by Gasteiger charge is -2.10. The summed E-state index contributed by atoms with van der Waals surface area (Å²) in [5.41, 5.74) is 3.08. The second-order valence-corrected chi connectivity index (χ2v) is 5.41. The molecule has 0 fully saturated rings. The van der Waals surface area contributed by atoms with Crippen LogP contribution in [0.2, 0.25) is 5.02 Å². The van der Waals surface area contributed by atoms with Gasteiger partial charge in [0.15, 0.2) is 0 Å². The number of nitro groups is 1. The zero-order valence-electron chi connectivity index (χ0n) is 12.8. The van der Waals surface area contributed by atoms with E-state index in [1.165, 1.54) is 10.7 Å². The minimum atomic E-state index is -0.832. The van der Waals surface area contributed by atoms with Crippen molar-refractivity contribution >= 4 is 29.4 Å². The Morgan fingerprint density at radius 2 is 2.17 bits per heavy atom. The number of hydrogen-bond acceptors (Lipinski definition) is 6. The number of hydrazone groups is 1. The van der Waals surface area contributed by atoms with Gasteiger partial charge in [0.2, 0.25) is 0 Å². The van der Waals surface area contributed by atoms with E-state index in [4.69, 9.17) is 11.6 Å². The maximum absolute atomic E-state index is 11.9. The van der Waals surface area contributed by atoms with Crippen LogP contribution in [0.15, 0.2) is 23.3 Å². The fourth-order valence-corrected chi connectivity index (χ4v) is 2.23. The predicted octanol–water partition coefficient (Wildman–Crippen LogP) is 1.29. The molecule has 24 heavy (non-hydrogen) atoms. The summed E-state index contributed by atoms with van der Waals surface area (Å²) < 4.78 is 1.50. The molecule has 0 spiro atoms. The van der Waals surface area contributed by atoms with E-state index in [1.54, 1.807) is 6.92 Å². The third-order valence-electron chi connectivity index (χ3n) is 3.05. The van der Waals surface area contributed by atoms with Gasteiger partial charge >= 0.3 is 0 Å². The van der Waals surface area contributed by atoms with Gasteiger partial charge in [0, 0.05) is 16.8 Å². The molecular formula is C14H13ClN5O4-. The van der Waals surface area contributed by atoms with Crippen LogP contribution in [0, 0.1) is 24.0 Å². The summed E-state index contributed by atoms with van der Waals surface area (Å²) in [5, 5.41) is 30.4. The van der Waals surface area contributed by atoms with E-state index in [2.05, 4.69) is 15.6 Å². The van der Waals surface area contributed by atoms with Crippen molar-refractivity contribution in [1.29, 1.82) is 0 Å². The van der Waals surface area contributed by atoms with Gasteiger partial charge in [-0.05, 0) is 37.3 Å². The van der Waals surface area contributed by atoms with Crippen LogP contribution in [0.25, 0.3) is 0 Å². The van der Waals surface area contributed by atoms with E-state index in [9.17, 15) is 20.0 Å². The average Bonchev–Trinajstić information content (AvgIpc) is 2.79. The minimum Gasteiger partial charge on any atom is -0.867 e. The Bertz CT molecular complexity index is 831. The summed E-state index contributed by atoms with van der Waals surface area (Å²) in [6, 6.07) is 4.02. The molecule has 0 aliphatic carbocycles. The molecule has 2 aromatic rings. The van der Waals surface area contributed by atoms with Gasteiger partial charge in [-0.3, -0.25) is 19.6 Å². The number of halogens is 1. The number of aryl methyl sites for hydroxylation is 2. The monoisotopic (exact) mass is 350 g/mol. The third kappa shape index (κ3) is 4.07. The largest absolute Gasteiger partial charge is 0.867 e. The Hall–Kier alpha value is -2.94. The highest BCUT2D eigenvalue weighted by Crippen LogP contribution is 2.29. The van der Waals surface area contributed by atoms with Gasteiger partial charge in [-0.25, -0.2) is 5.43 Å². The van der Waals surface area contributed by atoms with Gasteiger partial charge in [-0.15, -0.1) is 0 Å². The van der Waals surface area contributed by atoms with Gasteiger partial charge in [0.1, 0.15) is 6.54 Å². The minimum absolute atomic E-state index is 0.0247. The molecule has 1 aromatic heterocycles. The Balaban J connectivity index is 2.07. The van der Waals surface area contributed by atoms with Crippen molar-refractivity contribution in [3.8, 4) is 5.75 Å². The molecule has 126 valence electrons. The summed E-state index contributed by atoms with van der Waals surface area (Å²) in [6.07, 6.45) is 1.01. The van der Waals surface area contributed by atoms with E-state index >= 15 is 0 Å². The molecule has 0 aliphatic rings. The van der Waals surface area contributed by atoms with Crippen LogP contribution in [0.1, 0.15) is 17.0 Å². The second-order valence-electron chi connectivity index (χ2n) is 4.98. The van der Waals surface area contributed by atoms with E-state index in [0.29, 0.717) is 0 Å². The highest BCUT2D eigenvalue weighted by molar-refractivity contribution is 6.31. The topological polar surface area (TPSA) is 125 Å². The van der Waals surface area contributed by atoms with Crippen LogP contribution < -0.4 is 10.5 Å². The highest BCUT2D eigenvalue weighted by atomic mass is 35.5. The highest BCUT2D eigenvalue weighted by Gasteiger charge is 2.11. The Kier molecular flexibility index (Phi) is 5.14. The Morgan fingerprint density at radius 3 is 2.75 bits per heavy atom. The number of nitro benzene ring substituents is 1. The molecule has 0 bridgehead atoms. The lowest BCUT2D eigenvalue weighted by molar-refractivity contribution is -0.398. The molecule has 9 nitrogen and oxygen atoms in total. The van der Waals surface area contributed by atoms with Crippen LogP contribution in [-0.4, -0.2) is 26.8 Å². The molecule has 1 heterocycles. The molecule has 0 radical (unpaired) electrons. The fourth-order valence-electron chi connectivity index (χ4n) is 2.01. The van der Waals surface area contributed by atoms with E-state index in [0.717, 1.165) is 23.7 Å². The van der Waals surface area contributed by atoms with Crippen molar-refractivity contribution in [2.24, 2.45) is 5.10 Å². The van der Waals surface area contributed by atoms with Crippen LogP contribution in [0.5, 0.6) is 5.75 Å². The summed E-state index contributed by atoms with van der Waals surface area (Å²) >= 11 is 5.73. The zero-order valence-corrected chi connectivity index (χ0v) is 13.6. The number of carbonyl (C=O) groups is 1. The smallest absolute Gasteiger partial charge is 0.263 e. The van der Waals surface area contributed by atoms with Crippen LogP contribution in [0.4, 0.5) is 5.69 Å². The van der Waals surface area contributed by atoms with Crippen molar-refractivity contribution in [3.63, 3.8) is 0 Å². The number of nitrogens with one attached hydrogen (secondary N) is 1. The maximum atomic E-state index is 11.9. The SMILES string of the molecule is Cc1cc(C)n(CC(=O)N/N=C\c2cc(Cl)cc([N+](=O)[O-])c2[O-])n1.